The van der Waals surface area contributed by atoms with Gasteiger partial charge in [-0.05, 0) is 54.7 Å². The maximum atomic E-state index is 13.2. The molecular formula is C23H25N5O4S. The Morgan fingerprint density at radius 3 is 2.70 bits per heavy atom. The van der Waals surface area contributed by atoms with Crippen LogP contribution in [0.1, 0.15) is 34.7 Å². The number of sulfonamides is 1. The highest BCUT2D eigenvalue weighted by Crippen LogP contribution is 2.33. The third-order valence-corrected chi connectivity index (χ3v) is 8.27. The molecule has 10 heteroatoms. The van der Waals surface area contributed by atoms with Gasteiger partial charge in [0.05, 0.1) is 11.4 Å². The summed E-state index contributed by atoms with van der Waals surface area (Å²) in [6, 6.07) is 10.1. The molecule has 0 atom stereocenters. The number of piperazine rings is 1. The summed E-state index contributed by atoms with van der Waals surface area (Å²) in [6.07, 6.45) is 5.43. The van der Waals surface area contributed by atoms with Gasteiger partial charge in [0, 0.05) is 49.5 Å². The third kappa shape index (κ3) is 4.11. The fourth-order valence-electron chi connectivity index (χ4n) is 4.65. The van der Waals surface area contributed by atoms with Gasteiger partial charge in [-0.2, -0.15) is 4.31 Å². The van der Waals surface area contributed by atoms with Crippen molar-refractivity contribution in [1.82, 2.24) is 24.5 Å². The molecule has 2 aliphatic heterocycles. The number of rotatable bonds is 4. The van der Waals surface area contributed by atoms with Gasteiger partial charge in [-0.15, -0.1) is 0 Å². The van der Waals surface area contributed by atoms with Crippen molar-refractivity contribution >= 4 is 32.9 Å². The SMILES string of the molecule is O=C1CN(S(=O)(=O)c2cccc(C(=O)N3CCC(c4c[nH]c5ncccc45)CC3)c2)CCN1. The maximum absolute atomic E-state index is 13.2. The van der Waals surface area contributed by atoms with E-state index in [1.54, 1.807) is 23.2 Å². The first kappa shape index (κ1) is 21.6. The minimum atomic E-state index is -3.85. The van der Waals surface area contributed by atoms with Gasteiger partial charge >= 0.3 is 0 Å². The second-order valence-corrected chi connectivity index (χ2v) is 10.4. The Bertz CT molecular complexity index is 1310. The van der Waals surface area contributed by atoms with Crippen LogP contribution in [-0.2, 0) is 14.8 Å². The number of nitrogens with zero attached hydrogens (tertiary/aromatic N) is 3. The number of likely N-dealkylation sites (tertiary alicyclic amines) is 1. The van der Waals surface area contributed by atoms with Crippen molar-refractivity contribution in [2.45, 2.75) is 23.7 Å². The van der Waals surface area contributed by atoms with Crippen molar-refractivity contribution in [3.63, 3.8) is 0 Å². The summed E-state index contributed by atoms with van der Waals surface area (Å²) in [5.41, 5.74) is 2.44. The monoisotopic (exact) mass is 467 g/mol. The normalized spacial score (nSPS) is 18.4. The molecule has 172 valence electrons. The molecule has 4 heterocycles. The lowest BCUT2D eigenvalue weighted by Gasteiger charge is -2.32. The molecule has 2 aromatic heterocycles. The standard InChI is InChI=1S/C23H25N5O4S/c29-21-15-28(12-9-24-21)33(31,32)18-4-1-3-17(13-18)23(30)27-10-6-16(7-11-27)20-14-26-22-19(20)5-2-8-25-22/h1-5,8,13-14,16H,6-7,9-12,15H2,(H,24,29)(H,25,26). The molecule has 0 unspecified atom stereocenters. The minimum absolute atomic E-state index is 0.0317. The second kappa shape index (κ2) is 8.60. The molecule has 2 fully saturated rings. The van der Waals surface area contributed by atoms with Crippen LogP contribution < -0.4 is 5.32 Å². The van der Waals surface area contributed by atoms with Crippen molar-refractivity contribution in [3.05, 3.63) is 59.9 Å². The average molecular weight is 468 g/mol. The van der Waals surface area contributed by atoms with E-state index in [4.69, 9.17) is 0 Å². The third-order valence-electron chi connectivity index (χ3n) is 6.43. The number of fused-ring (bicyclic) bond motifs is 1. The first-order chi connectivity index (χ1) is 15.9. The largest absolute Gasteiger partial charge is 0.354 e. The van der Waals surface area contributed by atoms with Gasteiger partial charge in [-0.25, -0.2) is 13.4 Å². The van der Waals surface area contributed by atoms with E-state index >= 15 is 0 Å². The first-order valence-electron chi connectivity index (χ1n) is 11.0. The Kier molecular flexibility index (Phi) is 5.63. The van der Waals surface area contributed by atoms with Crippen molar-refractivity contribution in [2.75, 3.05) is 32.7 Å². The van der Waals surface area contributed by atoms with Crippen LogP contribution in [0.15, 0.2) is 53.7 Å². The number of benzene rings is 1. The molecule has 33 heavy (non-hydrogen) atoms. The Labute approximate surface area is 191 Å². The molecule has 3 aromatic rings. The lowest BCUT2D eigenvalue weighted by molar-refractivity contribution is -0.122. The number of aromatic nitrogens is 2. The number of carbonyl (C=O) groups excluding carboxylic acids is 2. The van der Waals surface area contributed by atoms with E-state index < -0.39 is 10.0 Å². The summed E-state index contributed by atoms with van der Waals surface area (Å²) in [5, 5.41) is 3.74. The van der Waals surface area contributed by atoms with Gasteiger partial charge in [0.15, 0.2) is 0 Å². The molecule has 9 nitrogen and oxygen atoms in total. The van der Waals surface area contributed by atoms with Crippen LogP contribution in [0.2, 0.25) is 0 Å². The number of carbonyl (C=O) groups is 2. The Balaban J connectivity index is 1.29. The summed E-state index contributed by atoms with van der Waals surface area (Å²) in [7, 11) is -3.85. The highest BCUT2D eigenvalue weighted by atomic mass is 32.2. The Morgan fingerprint density at radius 2 is 1.91 bits per heavy atom. The van der Waals surface area contributed by atoms with Crippen LogP contribution in [0.3, 0.4) is 0 Å². The second-order valence-electron chi connectivity index (χ2n) is 8.43. The quantitative estimate of drug-likeness (QED) is 0.606. The summed E-state index contributed by atoms with van der Waals surface area (Å²) < 4.78 is 27.1. The van der Waals surface area contributed by atoms with Crippen LogP contribution in [-0.4, -0.2) is 72.1 Å². The van der Waals surface area contributed by atoms with Crippen LogP contribution in [0.25, 0.3) is 11.0 Å². The summed E-state index contributed by atoms with van der Waals surface area (Å²) >= 11 is 0. The van der Waals surface area contributed by atoms with E-state index in [9.17, 15) is 18.0 Å². The van der Waals surface area contributed by atoms with E-state index in [-0.39, 0.29) is 36.3 Å². The average Bonchev–Trinajstić information content (AvgIpc) is 3.28. The van der Waals surface area contributed by atoms with Crippen molar-refractivity contribution in [1.29, 1.82) is 0 Å². The van der Waals surface area contributed by atoms with Crippen molar-refractivity contribution in [2.24, 2.45) is 0 Å². The molecule has 0 saturated carbocycles. The van der Waals surface area contributed by atoms with E-state index in [0.717, 1.165) is 28.2 Å². The molecule has 0 spiro atoms. The molecule has 2 amide bonds. The number of hydrogen-bond acceptors (Lipinski definition) is 5. The molecule has 1 aromatic carbocycles. The van der Waals surface area contributed by atoms with Crippen molar-refractivity contribution < 1.29 is 18.0 Å². The summed E-state index contributed by atoms with van der Waals surface area (Å²) in [6.45, 7) is 1.47. The van der Waals surface area contributed by atoms with Crippen LogP contribution >= 0.6 is 0 Å². The van der Waals surface area contributed by atoms with E-state index in [1.165, 1.54) is 17.7 Å². The molecule has 2 saturated heterocycles. The zero-order valence-corrected chi connectivity index (χ0v) is 18.8. The number of piperidine rings is 1. The fraction of sp³-hybridized carbons (Fsp3) is 0.348. The molecular weight excluding hydrogens is 442 g/mol. The van der Waals surface area contributed by atoms with Gasteiger partial charge in [-0.3, -0.25) is 9.59 Å². The zero-order chi connectivity index (χ0) is 23.0. The van der Waals surface area contributed by atoms with E-state index in [1.807, 2.05) is 12.3 Å². The number of amides is 2. The highest BCUT2D eigenvalue weighted by molar-refractivity contribution is 7.89. The number of H-pyrrole nitrogens is 1. The van der Waals surface area contributed by atoms with Gasteiger partial charge in [0.2, 0.25) is 15.9 Å². The Hall–Kier alpha value is -3.24. The van der Waals surface area contributed by atoms with Crippen LogP contribution in [0, 0.1) is 0 Å². The molecule has 0 bridgehead atoms. The molecule has 2 N–H and O–H groups in total. The molecule has 0 aliphatic carbocycles. The first-order valence-corrected chi connectivity index (χ1v) is 12.5. The maximum Gasteiger partial charge on any atom is 0.253 e. The minimum Gasteiger partial charge on any atom is -0.354 e. The van der Waals surface area contributed by atoms with Crippen LogP contribution in [0.4, 0.5) is 0 Å². The van der Waals surface area contributed by atoms with E-state index in [0.29, 0.717) is 24.6 Å². The van der Waals surface area contributed by atoms with Gasteiger partial charge in [0.1, 0.15) is 5.65 Å². The molecule has 2 aliphatic rings. The number of aromatic amines is 1. The fourth-order valence-corrected chi connectivity index (χ4v) is 6.09. The van der Waals surface area contributed by atoms with Gasteiger partial charge in [-0.1, -0.05) is 6.07 Å². The van der Waals surface area contributed by atoms with E-state index in [2.05, 4.69) is 21.4 Å². The molecule has 0 radical (unpaired) electrons. The summed E-state index contributed by atoms with van der Waals surface area (Å²) in [4.78, 5) is 34.2. The zero-order valence-electron chi connectivity index (χ0n) is 18.0. The van der Waals surface area contributed by atoms with Gasteiger partial charge in [0.25, 0.3) is 5.91 Å². The summed E-state index contributed by atoms with van der Waals surface area (Å²) in [5.74, 6) is -0.169. The number of nitrogens with one attached hydrogen (secondary N) is 2. The topological polar surface area (TPSA) is 115 Å². The highest BCUT2D eigenvalue weighted by Gasteiger charge is 2.31. The van der Waals surface area contributed by atoms with Crippen molar-refractivity contribution in [3.8, 4) is 0 Å². The Morgan fingerprint density at radius 1 is 1.09 bits per heavy atom. The predicted molar refractivity (Wildman–Crippen MR) is 122 cm³/mol. The number of hydrogen-bond donors (Lipinski definition) is 2. The lowest BCUT2D eigenvalue weighted by Crippen LogP contribution is -2.49. The van der Waals surface area contributed by atoms with Crippen LogP contribution in [0.5, 0.6) is 0 Å². The number of pyridine rings is 1. The molecule has 5 rings (SSSR count). The lowest BCUT2D eigenvalue weighted by atomic mass is 9.89. The van der Waals surface area contributed by atoms with Gasteiger partial charge < -0.3 is 15.2 Å². The predicted octanol–water partition coefficient (Wildman–Crippen LogP) is 1.70. The smallest absolute Gasteiger partial charge is 0.253 e.